The highest BCUT2D eigenvalue weighted by molar-refractivity contribution is 5.91. The van der Waals surface area contributed by atoms with Gasteiger partial charge >= 0.3 is 0 Å². The summed E-state index contributed by atoms with van der Waals surface area (Å²) in [5.74, 6) is 2.46. The maximum atomic E-state index is 11.8. The molecule has 1 saturated heterocycles. The Kier molecular flexibility index (Phi) is 3.12. The normalized spacial score (nSPS) is 25.5. The van der Waals surface area contributed by atoms with E-state index in [2.05, 4.69) is 15.1 Å². The van der Waals surface area contributed by atoms with Gasteiger partial charge in [0.1, 0.15) is 0 Å². The quantitative estimate of drug-likeness (QED) is 0.807. The molecule has 3 rings (SSSR count). The third kappa shape index (κ3) is 2.41. The summed E-state index contributed by atoms with van der Waals surface area (Å²) in [7, 11) is 3.44. The van der Waals surface area contributed by atoms with E-state index in [0.717, 1.165) is 30.7 Å². The molecule has 0 unspecified atom stereocenters. The molecule has 2 heterocycles. The number of amides is 1. The van der Waals surface area contributed by atoms with Crippen molar-refractivity contribution >= 4 is 11.7 Å². The number of piperidine rings is 1. The largest absolute Gasteiger partial charge is 0.355 e. The number of fused-ring (bicyclic) bond motifs is 2. The lowest BCUT2D eigenvalue weighted by atomic mass is 9.99. The van der Waals surface area contributed by atoms with Gasteiger partial charge in [-0.2, -0.15) is 0 Å². The number of hydrogen-bond donors (Lipinski definition) is 0. The highest BCUT2D eigenvalue weighted by Crippen LogP contribution is 2.37. The molecule has 0 aromatic carbocycles. The smallest absolute Gasteiger partial charge is 0.273 e. The van der Waals surface area contributed by atoms with Crippen molar-refractivity contribution < 1.29 is 4.79 Å². The summed E-state index contributed by atoms with van der Waals surface area (Å²) in [5, 5.41) is 8.29. The van der Waals surface area contributed by atoms with Crippen molar-refractivity contribution in [2.45, 2.75) is 19.3 Å². The second kappa shape index (κ2) is 4.79. The lowest BCUT2D eigenvalue weighted by Gasteiger charge is -2.32. The average molecular weight is 260 g/mol. The van der Waals surface area contributed by atoms with Gasteiger partial charge in [-0.1, -0.05) is 0 Å². The summed E-state index contributed by atoms with van der Waals surface area (Å²) < 4.78 is 0. The van der Waals surface area contributed by atoms with E-state index in [1.165, 1.54) is 24.2 Å². The summed E-state index contributed by atoms with van der Waals surface area (Å²) in [6, 6.07) is 3.70. The first-order valence-corrected chi connectivity index (χ1v) is 6.94. The van der Waals surface area contributed by atoms with Crippen LogP contribution in [0.2, 0.25) is 0 Å². The Labute approximate surface area is 113 Å². The van der Waals surface area contributed by atoms with Gasteiger partial charge in [-0.25, -0.2) is 0 Å². The highest BCUT2D eigenvalue weighted by Gasteiger charge is 2.33. The topological polar surface area (TPSA) is 49.3 Å². The van der Waals surface area contributed by atoms with Crippen molar-refractivity contribution in [3.63, 3.8) is 0 Å². The maximum absolute atomic E-state index is 11.8. The maximum Gasteiger partial charge on any atom is 0.273 e. The zero-order valence-electron chi connectivity index (χ0n) is 11.5. The Balaban J connectivity index is 1.74. The van der Waals surface area contributed by atoms with Gasteiger partial charge in [-0.15, -0.1) is 10.2 Å². The lowest BCUT2D eigenvalue weighted by Crippen LogP contribution is -2.37. The van der Waals surface area contributed by atoms with E-state index < -0.39 is 0 Å². The van der Waals surface area contributed by atoms with Gasteiger partial charge in [0.15, 0.2) is 11.5 Å². The predicted octanol–water partition coefficient (Wildman–Crippen LogP) is 1.41. The van der Waals surface area contributed by atoms with Crippen LogP contribution in [-0.2, 0) is 0 Å². The molecule has 19 heavy (non-hydrogen) atoms. The van der Waals surface area contributed by atoms with E-state index in [4.69, 9.17) is 0 Å². The fourth-order valence-electron chi connectivity index (χ4n) is 3.23. The summed E-state index contributed by atoms with van der Waals surface area (Å²) in [5.41, 5.74) is 0.411. The highest BCUT2D eigenvalue weighted by atomic mass is 16.2. The Morgan fingerprint density at radius 3 is 2.42 bits per heavy atom. The third-order valence-corrected chi connectivity index (χ3v) is 4.21. The molecule has 0 N–H and O–H groups in total. The Morgan fingerprint density at radius 1 is 1.21 bits per heavy atom. The molecule has 1 saturated carbocycles. The van der Waals surface area contributed by atoms with Crippen LogP contribution in [0.25, 0.3) is 0 Å². The predicted molar refractivity (Wildman–Crippen MR) is 73.1 cm³/mol. The van der Waals surface area contributed by atoms with Crippen LogP contribution in [0, 0.1) is 11.8 Å². The molecule has 5 nitrogen and oxygen atoms in total. The number of carbonyl (C=O) groups is 1. The number of carbonyl (C=O) groups excluding carboxylic acids is 1. The van der Waals surface area contributed by atoms with Crippen LogP contribution >= 0.6 is 0 Å². The fourth-order valence-corrected chi connectivity index (χ4v) is 3.23. The van der Waals surface area contributed by atoms with Crippen molar-refractivity contribution in [1.29, 1.82) is 0 Å². The molecule has 2 bridgehead atoms. The van der Waals surface area contributed by atoms with Crippen molar-refractivity contribution in [2.75, 3.05) is 32.1 Å². The number of rotatable bonds is 2. The molecule has 1 aliphatic heterocycles. The first kappa shape index (κ1) is 12.4. The molecule has 1 aromatic heterocycles. The molecule has 0 radical (unpaired) electrons. The van der Waals surface area contributed by atoms with Crippen LogP contribution < -0.4 is 4.90 Å². The number of nitrogens with zero attached hydrogens (tertiary/aromatic N) is 4. The van der Waals surface area contributed by atoms with Gasteiger partial charge in [0.25, 0.3) is 5.91 Å². The second-order valence-corrected chi connectivity index (χ2v) is 5.93. The average Bonchev–Trinajstić information content (AvgIpc) is 2.76. The molecular formula is C14H20N4O. The number of anilines is 1. The molecule has 2 fully saturated rings. The third-order valence-electron chi connectivity index (χ3n) is 4.21. The van der Waals surface area contributed by atoms with Crippen molar-refractivity contribution in [3.8, 4) is 0 Å². The Hall–Kier alpha value is -1.65. The molecular weight excluding hydrogens is 240 g/mol. The molecule has 1 aliphatic carbocycles. The molecule has 0 spiro atoms. The van der Waals surface area contributed by atoms with E-state index in [1.807, 2.05) is 6.07 Å². The number of aromatic nitrogens is 2. The molecule has 102 valence electrons. The zero-order chi connectivity index (χ0) is 13.4. The summed E-state index contributed by atoms with van der Waals surface area (Å²) in [4.78, 5) is 15.6. The fraction of sp³-hybridized carbons (Fsp3) is 0.643. The summed E-state index contributed by atoms with van der Waals surface area (Å²) in [6.07, 6.45) is 4.08. The Morgan fingerprint density at radius 2 is 1.89 bits per heavy atom. The van der Waals surface area contributed by atoms with Gasteiger partial charge in [0.05, 0.1) is 0 Å². The van der Waals surface area contributed by atoms with E-state index >= 15 is 0 Å². The first-order valence-electron chi connectivity index (χ1n) is 6.94. The molecule has 1 amide bonds. The minimum Gasteiger partial charge on any atom is -0.355 e. The van der Waals surface area contributed by atoms with Gasteiger partial charge in [-0.3, -0.25) is 4.79 Å². The summed E-state index contributed by atoms with van der Waals surface area (Å²) in [6.45, 7) is 2.18. The minimum atomic E-state index is -0.0993. The van der Waals surface area contributed by atoms with Crippen LogP contribution in [0.15, 0.2) is 12.1 Å². The molecule has 5 heteroatoms. The summed E-state index contributed by atoms with van der Waals surface area (Å²) >= 11 is 0. The van der Waals surface area contributed by atoms with Crippen LogP contribution in [0.4, 0.5) is 5.82 Å². The molecule has 2 atom stereocenters. The number of hydrogen-bond acceptors (Lipinski definition) is 4. The van der Waals surface area contributed by atoms with Gasteiger partial charge < -0.3 is 9.80 Å². The van der Waals surface area contributed by atoms with E-state index in [-0.39, 0.29) is 5.91 Å². The van der Waals surface area contributed by atoms with Crippen LogP contribution in [0.1, 0.15) is 29.8 Å². The SMILES string of the molecule is CN(C)C(=O)c1ccc(N2C[C@@H]3CC[C@@H](C3)C2)nn1. The minimum absolute atomic E-state index is 0.0993. The molecule has 2 aliphatic rings. The zero-order valence-corrected chi connectivity index (χ0v) is 11.5. The first-order chi connectivity index (χ1) is 9.13. The van der Waals surface area contributed by atoms with Crippen molar-refractivity contribution in [1.82, 2.24) is 15.1 Å². The van der Waals surface area contributed by atoms with E-state index in [0.29, 0.717) is 5.69 Å². The van der Waals surface area contributed by atoms with Crippen LogP contribution in [-0.4, -0.2) is 48.2 Å². The van der Waals surface area contributed by atoms with Gasteiger partial charge in [0, 0.05) is 27.2 Å². The van der Waals surface area contributed by atoms with Crippen molar-refractivity contribution in [3.05, 3.63) is 17.8 Å². The molecule has 1 aromatic rings. The van der Waals surface area contributed by atoms with Gasteiger partial charge in [-0.05, 0) is 43.2 Å². The second-order valence-electron chi connectivity index (χ2n) is 5.93. The standard InChI is InChI=1S/C14H20N4O/c1-17(2)14(19)12-5-6-13(16-15-12)18-8-10-3-4-11(7-10)9-18/h5-6,10-11H,3-4,7-9H2,1-2H3/t10-,11+. The van der Waals surface area contributed by atoms with E-state index in [1.54, 1.807) is 20.2 Å². The lowest BCUT2D eigenvalue weighted by molar-refractivity contribution is 0.0821. The Bertz CT molecular complexity index is 459. The van der Waals surface area contributed by atoms with Crippen molar-refractivity contribution in [2.24, 2.45) is 11.8 Å². The van der Waals surface area contributed by atoms with Crippen LogP contribution in [0.3, 0.4) is 0 Å². The van der Waals surface area contributed by atoms with Crippen LogP contribution in [0.5, 0.6) is 0 Å². The van der Waals surface area contributed by atoms with E-state index in [9.17, 15) is 4.79 Å². The van der Waals surface area contributed by atoms with Gasteiger partial charge in [0.2, 0.25) is 0 Å². The monoisotopic (exact) mass is 260 g/mol.